The molecule has 0 saturated heterocycles. The molecule has 0 N–H and O–H groups in total. The van der Waals surface area contributed by atoms with Crippen molar-refractivity contribution in [3.63, 3.8) is 0 Å². The molecule has 0 unspecified atom stereocenters. The van der Waals surface area contributed by atoms with Gasteiger partial charge in [-0.05, 0) is 36.0 Å². The van der Waals surface area contributed by atoms with Crippen molar-refractivity contribution >= 4 is 23.6 Å². The van der Waals surface area contributed by atoms with Gasteiger partial charge in [0.1, 0.15) is 0 Å². The van der Waals surface area contributed by atoms with E-state index in [2.05, 4.69) is 0 Å². The molecule has 0 heterocycles. The van der Waals surface area contributed by atoms with Crippen molar-refractivity contribution in [3.05, 3.63) is 35.4 Å². The Kier molecular flexibility index (Phi) is 3.18. The average molecular weight is 190 g/mol. The van der Waals surface area contributed by atoms with E-state index in [1.54, 1.807) is 0 Å². The molecule has 60 valence electrons. The number of halogens is 2. The molecule has 11 heavy (non-hydrogen) atoms. The predicted octanol–water partition coefficient (Wildman–Crippen LogP) is 3.10. The van der Waals surface area contributed by atoms with Gasteiger partial charge in [-0.15, -0.1) is 3.94 Å². The summed E-state index contributed by atoms with van der Waals surface area (Å²) < 4.78 is 1.12. The third-order valence-electron chi connectivity index (χ3n) is 1.42. The minimum atomic E-state index is 0.559. The molecular formula is C8H9Cl2N. The second kappa shape index (κ2) is 3.96. The normalized spacial score (nSPS) is 10.5. The van der Waals surface area contributed by atoms with Crippen LogP contribution in [0.4, 0.5) is 0 Å². The molecule has 1 aromatic carbocycles. The van der Waals surface area contributed by atoms with Crippen LogP contribution in [0.5, 0.6) is 0 Å². The van der Waals surface area contributed by atoms with Gasteiger partial charge < -0.3 is 0 Å². The Morgan fingerprint density at radius 1 is 1.18 bits per heavy atom. The quantitative estimate of drug-likeness (QED) is 0.647. The van der Waals surface area contributed by atoms with Gasteiger partial charge in [0.15, 0.2) is 0 Å². The van der Waals surface area contributed by atoms with Crippen LogP contribution in [-0.4, -0.2) is 3.94 Å². The molecule has 0 bridgehead atoms. The molecule has 0 aromatic heterocycles. The minimum absolute atomic E-state index is 0.559. The standard InChI is InChI=1S/C8H9Cl2N/c1-7-2-4-8(5-3-7)6-11(9)10/h2-5H,6H2,1H3. The van der Waals surface area contributed by atoms with E-state index >= 15 is 0 Å². The number of aryl methyl sites for hydroxylation is 1. The highest BCUT2D eigenvalue weighted by Gasteiger charge is 1.96. The van der Waals surface area contributed by atoms with Crippen molar-refractivity contribution in [1.82, 2.24) is 3.94 Å². The summed E-state index contributed by atoms with van der Waals surface area (Å²) in [5.74, 6) is 0. The Morgan fingerprint density at radius 3 is 2.18 bits per heavy atom. The first kappa shape index (κ1) is 8.85. The summed E-state index contributed by atoms with van der Waals surface area (Å²) in [6, 6.07) is 8.08. The molecule has 0 aliphatic carbocycles. The summed E-state index contributed by atoms with van der Waals surface area (Å²) in [5, 5.41) is 0. The highest BCUT2D eigenvalue weighted by molar-refractivity contribution is 6.33. The molecule has 0 atom stereocenters. The van der Waals surface area contributed by atoms with E-state index in [0.29, 0.717) is 6.54 Å². The molecule has 0 amide bonds. The van der Waals surface area contributed by atoms with E-state index in [4.69, 9.17) is 23.6 Å². The summed E-state index contributed by atoms with van der Waals surface area (Å²) in [6.45, 7) is 2.60. The first-order valence-corrected chi connectivity index (χ1v) is 4.01. The summed E-state index contributed by atoms with van der Waals surface area (Å²) in [4.78, 5) is 0. The van der Waals surface area contributed by atoms with E-state index in [1.807, 2.05) is 31.2 Å². The zero-order valence-corrected chi connectivity index (χ0v) is 7.73. The maximum absolute atomic E-state index is 5.45. The molecule has 0 spiro atoms. The van der Waals surface area contributed by atoms with Gasteiger partial charge in [-0.2, -0.15) is 0 Å². The van der Waals surface area contributed by atoms with Crippen molar-refractivity contribution in [2.45, 2.75) is 13.5 Å². The maximum atomic E-state index is 5.45. The van der Waals surface area contributed by atoms with Gasteiger partial charge >= 0.3 is 0 Å². The smallest absolute Gasteiger partial charge is 0.0554 e. The van der Waals surface area contributed by atoms with Crippen molar-refractivity contribution in [2.24, 2.45) is 0 Å². The first-order chi connectivity index (χ1) is 5.18. The van der Waals surface area contributed by atoms with Crippen LogP contribution in [0.2, 0.25) is 0 Å². The van der Waals surface area contributed by atoms with E-state index in [0.717, 1.165) is 9.50 Å². The van der Waals surface area contributed by atoms with Crippen molar-refractivity contribution in [2.75, 3.05) is 0 Å². The van der Waals surface area contributed by atoms with Gasteiger partial charge in [0.2, 0.25) is 0 Å². The fourth-order valence-corrected chi connectivity index (χ4v) is 1.11. The molecule has 3 heteroatoms. The molecule has 0 radical (unpaired) electrons. The van der Waals surface area contributed by atoms with E-state index in [1.165, 1.54) is 5.56 Å². The molecule has 0 fully saturated rings. The van der Waals surface area contributed by atoms with Gasteiger partial charge in [-0.1, -0.05) is 29.8 Å². The SMILES string of the molecule is Cc1ccc(CN(Cl)Cl)cc1. The molecule has 0 aliphatic heterocycles. The lowest BCUT2D eigenvalue weighted by Crippen LogP contribution is -1.96. The van der Waals surface area contributed by atoms with Gasteiger partial charge in [0.25, 0.3) is 0 Å². The Balaban J connectivity index is 2.66. The third kappa shape index (κ3) is 3.10. The van der Waals surface area contributed by atoms with Crippen LogP contribution in [0.1, 0.15) is 11.1 Å². The summed E-state index contributed by atoms with van der Waals surface area (Å²) in [6.07, 6.45) is 0. The van der Waals surface area contributed by atoms with Crippen molar-refractivity contribution in [3.8, 4) is 0 Å². The number of nitrogens with zero attached hydrogens (tertiary/aromatic N) is 1. The predicted molar refractivity (Wildman–Crippen MR) is 48.4 cm³/mol. The van der Waals surface area contributed by atoms with Crippen molar-refractivity contribution < 1.29 is 0 Å². The van der Waals surface area contributed by atoms with Crippen LogP contribution in [0.15, 0.2) is 24.3 Å². The van der Waals surface area contributed by atoms with Crippen LogP contribution in [0.3, 0.4) is 0 Å². The van der Waals surface area contributed by atoms with Gasteiger partial charge in [-0.3, -0.25) is 0 Å². The lowest BCUT2D eigenvalue weighted by atomic mass is 10.2. The van der Waals surface area contributed by atoms with Crippen LogP contribution in [0.25, 0.3) is 0 Å². The highest BCUT2D eigenvalue weighted by Crippen LogP contribution is 2.09. The maximum Gasteiger partial charge on any atom is 0.0554 e. The molecular weight excluding hydrogens is 181 g/mol. The summed E-state index contributed by atoms with van der Waals surface area (Å²) in [7, 11) is 0. The fraction of sp³-hybridized carbons (Fsp3) is 0.250. The monoisotopic (exact) mass is 189 g/mol. The molecule has 0 saturated carbocycles. The molecule has 1 aromatic rings. The Hall–Kier alpha value is -0.240. The Labute approximate surface area is 76.8 Å². The minimum Gasteiger partial charge on any atom is -0.127 e. The third-order valence-corrected chi connectivity index (χ3v) is 1.66. The molecule has 0 aliphatic rings. The van der Waals surface area contributed by atoms with Crippen LogP contribution in [-0.2, 0) is 6.54 Å². The second-order valence-electron chi connectivity index (χ2n) is 2.45. The fourth-order valence-electron chi connectivity index (χ4n) is 0.832. The van der Waals surface area contributed by atoms with E-state index in [-0.39, 0.29) is 0 Å². The van der Waals surface area contributed by atoms with Crippen LogP contribution >= 0.6 is 23.6 Å². The summed E-state index contributed by atoms with van der Waals surface area (Å²) in [5.41, 5.74) is 2.35. The topological polar surface area (TPSA) is 3.24 Å². The van der Waals surface area contributed by atoms with Crippen LogP contribution in [0, 0.1) is 6.92 Å². The summed E-state index contributed by atoms with van der Waals surface area (Å²) >= 11 is 10.9. The lowest BCUT2D eigenvalue weighted by molar-refractivity contribution is 0.703. The highest BCUT2D eigenvalue weighted by atomic mass is 35.5. The zero-order valence-electron chi connectivity index (χ0n) is 6.22. The number of benzene rings is 1. The first-order valence-electron chi connectivity index (χ1n) is 3.33. The van der Waals surface area contributed by atoms with Crippen LogP contribution < -0.4 is 0 Å². The van der Waals surface area contributed by atoms with Gasteiger partial charge in [0, 0.05) is 0 Å². The molecule has 1 rings (SSSR count). The number of hydrogen-bond acceptors (Lipinski definition) is 1. The lowest BCUT2D eigenvalue weighted by Gasteiger charge is -2.03. The number of rotatable bonds is 2. The van der Waals surface area contributed by atoms with E-state index in [9.17, 15) is 0 Å². The number of hydrogen-bond donors (Lipinski definition) is 0. The Bertz CT molecular complexity index is 218. The average Bonchev–Trinajstić information content (AvgIpc) is 1.93. The zero-order chi connectivity index (χ0) is 8.27. The van der Waals surface area contributed by atoms with Crippen molar-refractivity contribution in [1.29, 1.82) is 0 Å². The van der Waals surface area contributed by atoms with Gasteiger partial charge in [0.05, 0.1) is 6.54 Å². The molecule has 1 nitrogen and oxygen atoms in total. The Morgan fingerprint density at radius 2 is 1.73 bits per heavy atom. The largest absolute Gasteiger partial charge is 0.127 e. The second-order valence-corrected chi connectivity index (χ2v) is 3.44. The van der Waals surface area contributed by atoms with Gasteiger partial charge in [-0.25, -0.2) is 0 Å². The van der Waals surface area contributed by atoms with E-state index < -0.39 is 0 Å².